The number of aromatic nitrogens is 1. The molecule has 0 saturated carbocycles. The number of aryl methyl sites for hydroxylation is 1. The minimum absolute atomic E-state index is 0.233. The van der Waals surface area contributed by atoms with Gasteiger partial charge in [0, 0.05) is 40.0 Å². The van der Waals surface area contributed by atoms with Crippen LogP contribution in [0.1, 0.15) is 24.0 Å². The highest BCUT2D eigenvalue weighted by atomic mass is 35.5. The fourth-order valence-electron chi connectivity index (χ4n) is 5.09. The second kappa shape index (κ2) is 6.78. The number of anilines is 1. The second-order valence-electron chi connectivity index (χ2n) is 7.85. The third-order valence-electron chi connectivity index (χ3n) is 6.34. The van der Waals surface area contributed by atoms with E-state index in [0.29, 0.717) is 15.6 Å². The molecule has 2 aliphatic rings. The number of rotatable bonds is 2. The van der Waals surface area contributed by atoms with Crippen LogP contribution in [0.4, 0.5) is 5.69 Å². The van der Waals surface area contributed by atoms with Crippen molar-refractivity contribution < 1.29 is 9.53 Å². The van der Waals surface area contributed by atoms with Crippen LogP contribution in [0, 0.1) is 0 Å². The van der Waals surface area contributed by atoms with E-state index >= 15 is 0 Å². The van der Waals surface area contributed by atoms with Gasteiger partial charge in [0.15, 0.2) is 0 Å². The van der Waals surface area contributed by atoms with Crippen LogP contribution < -0.4 is 5.32 Å². The molecule has 0 fully saturated rings. The Morgan fingerprint density at radius 3 is 2.74 bits per heavy atom. The number of hydrogen-bond acceptors (Lipinski definition) is 3. The molecule has 0 saturated heterocycles. The fraction of sp³-hybridized carbons (Fsp3) is 0.160. The zero-order valence-electron chi connectivity index (χ0n) is 16.7. The lowest BCUT2D eigenvalue weighted by Crippen LogP contribution is -2.20. The maximum absolute atomic E-state index is 12.9. The van der Waals surface area contributed by atoms with Gasteiger partial charge >= 0.3 is 5.97 Å². The maximum Gasteiger partial charge on any atom is 0.337 e. The number of nitrogens with zero attached hydrogens (tertiary/aromatic N) is 1. The number of nitrogens with one attached hydrogen (secondary N) is 1. The van der Waals surface area contributed by atoms with E-state index in [9.17, 15) is 4.79 Å². The Balaban J connectivity index is 1.78. The van der Waals surface area contributed by atoms with Gasteiger partial charge in [-0.2, -0.15) is 0 Å². The molecular formula is C25H18Cl2N2O2. The monoisotopic (exact) mass is 448 g/mol. The highest BCUT2D eigenvalue weighted by molar-refractivity contribution is 6.42. The summed E-state index contributed by atoms with van der Waals surface area (Å²) >= 11 is 13.1. The summed E-state index contributed by atoms with van der Waals surface area (Å²) in [5, 5.41) is 6.66. The summed E-state index contributed by atoms with van der Waals surface area (Å²) < 4.78 is 7.73. The van der Waals surface area contributed by atoms with E-state index in [1.165, 1.54) is 0 Å². The summed E-state index contributed by atoms with van der Waals surface area (Å²) in [6.45, 7) is 3.22. The largest absolute Gasteiger partial charge is 0.456 e. The second-order valence-corrected chi connectivity index (χ2v) is 8.64. The van der Waals surface area contributed by atoms with Gasteiger partial charge in [0.05, 0.1) is 21.3 Å². The van der Waals surface area contributed by atoms with E-state index in [2.05, 4.69) is 47.1 Å². The summed E-state index contributed by atoms with van der Waals surface area (Å²) in [5.41, 5.74) is 6.49. The Morgan fingerprint density at radius 1 is 1.06 bits per heavy atom. The first-order valence-corrected chi connectivity index (χ1v) is 11.0. The normalized spacial score (nSPS) is 17.6. The van der Waals surface area contributed by atoms with Crippen molar-refractivity contribution in [2.75, 3.05) is 11.9 Å². The van der Waals surface area contributed by atoms with Crippen molar-refractivity contribution in [2.45, 2.75) is 19.4 Å². The first kappa shape index (κ1) is 18.8. The van der Waals surface area contributed by atoms with Gasteiger partial charge in [-0.15, -0.1) is 0 Å². The molecule has 0 spiro atoms. The van der Waals surface area contributed by atoms with Crippen LogP contribution in [0.15, 0.2) is 65.9 Å². The van der Waals surface area contributed by atoms with Crippen LogP contribution in [0.25, 0.3) is 21.8 Å². The summed E-state index contributed by atoms with van der Waals surface area (Å²) in [6, 6.07) is 18.2. The molecule has 1 N–H and O–H groups in total. The molecule has 1 unspecified atom stereocenters. The molecule has 6 heteroatoms. The van der Waals surface area contributed by atoms with E-state index in [-0.39, 0.29) is 18.5 Å². The molecule has 154 valence electrons. The molecule has 1 atom stereocenters. The Kier molecular flexibility index (Phi) is 4.11. The Labute approximate surface area is 189 Å². The lowest BCUT2D eigenvalue weighted by Gasteiger charge is -2.29. The van der Waals surface area contributed by atoms with Gasteiger partial charge in [0.1, 0.15) is 6.61 Å². The van der Waals surface area contributed by atoms with Crippen LogP contribution in [-0.4, -0.2) is 17.1 Å². The van der Waals surface area contributed by atoms with Crippen LogP contribution in [0.5, 0.6) is 0 Å². The average Bonchev–Trinajstić information content (AvgIpc) is 3.31. The van der Waals surface area contributed by atoms with Crippen LogP contribution in [0.2, 0.25) is 10.0 Å². The molecule has 0 aliphatic carbocycles. The van der Waals surface area contributed by atoms with Gasteiger partial charge in [-0.05, 0) is 42.3 Å². The molecule has 3 heterocycles. The number of fused-ring (bicyclic) bond motifs is 5. The number of carbonyl (C=O) groups excluding carboxylic acids is 1. The Morgan fingerprint density at radius 2 is 1.90 bits per heavy atom. The molecule has 4 nitrogen and oxygen atoms in total. The molecule has 0 bridgehead atoms. The molecule has 6 rings (SSSR count). The van der Waals surface area contributed by atoms with Crippen molar-refractivity contribution in [3.05, 3.63) is 87.0 Å². The maximum atomic E-state index is 12.9. The number of ether oxygens (including phenoxy) is 1. The van der Waals surface area contributed by atoms with Gasteiger partial charge in [-0.3, -0.25) is 0 Å². The number of esters is 1. The molecule has 0 amide bonds. The SMILES string of the molecule is CCn1c2ccccc2c2c3c(ccc21)NC1=C(C(=O)OC1)C3c1cccc(Cl)c1Cl. The van der Waals surface area contributed by atoms with E-state index in [1.54, 1.807) is 6.07 Å². The molecule has 1 aromatic heterocycles. The summed E-state index contributed by atoms with van der Waals surface area (Å²) in [5.74, 6) is -0.683. The zero-order chi connectivity index (χ0) is 21.3. The summed E-state index contributed by atoms with van der Waals surface area (Å²) in [7, 11) is 0. The Bertz CT molecular complexity index is 1450. The zero-order valence-corrected chi connectivity index (χ0v) is 18.2. The molecule has 2 aliphatic heterocycles. The molecular weight excluding hydrogens is 431 g/mol. The topological polar surface area (TPSA) is 43.3 Å². The van der Waals surface area contributed by atoms with Crippen LogP contribution >= 0.6 is 23.2 Å². The number of hydrogen-bond donors (Lipinski definition) is 1. The molecule has 3 aromatic carbocycles. The molecule has 0 radical (unpaired) electrons. The molecule has 4 aromatic rings. The minimum atomic E-state index is -0.368. The molecule has 31 heavy (non-hydrogen) atoms. The van der Waals surface area contributed by atoms with Gasteiger partial charge in [-0.25, -0.2) is 4.79 Å². The van der Waals surface area contributed by atoms with Crippen molar-refractivity contribution in [3.63, 3.8) is 0 Å². The summed E-state index contributed by atoms with van der Waals surface area (Å²) in [6.07, 6.45) is 0. The van der Waals surface area contributed by atoms with Gasteiger partial charge in [-0.1, -0.05) is 53.5 Å². The van der Waals surface area contributed by atoms with Gasteiger partial charge in [0.25, 0.3) is 0 Å². The predicted octanol–water partition coefficient (Wildman–Crippen LogP) is 6.49. The van der Waals surface area contributed by atoms with E-state index in [1.807, 2.05) is 18.2 Å². The first-order chi connectivity index (χ1) is 15.1. The van der Waals surface area contributed by atoms with Gasteiger partial charge < -0.3 is 14.6 Å². The fourth-order valence-corrected chi connectivity index (χ4v) is 5.51. The number of halogens is 2. The first-order valence-electron chi connectivity index (χ1n) is 10.2. The number of cyclic esters (lactones) is 1. The minimum Gasteiger partial charge on any atom is -0.456 e. The highest BCUT2D eigenvalue weighted by Gasteiger charge is 2.41. The number of para-hydroxylation sites is 1. The van der Waals surface area contributed by atoms with Crippen molar-refractivity contribution in [1.82, 2.24) is 4.57 Å². The van der Waals surface area contributed by atoms with Crippen molar-refractivity contribution in [2.24, 2.45) is 0 Å². The average molecular weight is 449 g/mol. The number of benzene rings is 3. The standard InChI is InChI=1S/C25H18Cl2N2O2/c1-2-29-18-9-4-3-6-13(18)20-19(29)11-10-16-22(20)21(14-7-5-8-15(26)24(14)27)23-17(28-16)12-31-25(23)30/h3-11,21,28H,2,12H2,1H3. The lowest BCUT2D eigenvalue weighted by molar-refractivity contribution is -0.136. The van der Waals surface area contributed by atoms with E-state index in [0.717, 1.165) is 50.9 Å². The third kappa shape index (κ3) is 2.52. The lowest BCUT2D eigenvalue weighted by atomic mass is 9.79. The van der Waals surface area contributed by atoms with E-state index < -0.39 is 0 Å². The van der Waals surface area contributed by atoms with Crippen molar-refractivity contribution >= 4 is 56.7 Å². The third-order valence-corrected chi connectivity index (χ3v) is 7.18. The van der Waals surface area contributed by atoms with E-state index in [4.69, 9.17) is 27.9 Å². The predicted molar refractivity (Wildman–Crippen MR) is 125 cm³/mol. The van der Waals surface area contributed by atoms with Crippen molar-refractivity contribution in [1.29, 1.82) is 0 Å². The number of carbonyl (C=O) groups is 1. The smallest absolute Gasteiger partial charge is 0.337 e. The van der Waals surface area contributed by atoms with Gasteiger partial charge in [0.2, 0.25) is 0 Å². The summed E-state index contributed by atoms with van der Waals surface area (Å²) in [4.78, 5) is 12.9. The van der Waals surface area contributed by atoms with Crippen LogP contribution in [-0.2, 0) is 16.1 Å². The van der Waals surface area contributed by atoms with Crippen LogP contribution in [0.3, 0.4) is 0 Å². The van der Waals surface area contributed by atoms with Crippen molar-refractivity contribution in [3.8, 4) is 0 Å². The Hall–Kier alpha value is -2.95. The quantitative estimate of drug-likeness (QED) is 0.356. The highest BCUT2D eigenvalue weighted by Crippen LogP contribution is 2.51.